The maximum atomic E-state index is 12.4. The van der Waals surface area contributed by atoms with Crippen molar-refractivity contribution >= 4 is 5.91 Å². The van der Waals surface area contributed by atoms with E-state index in [4.69, 9.17) is 0 Å². The molecule has 0 saturated heterocycles. The lowest BCUT2D eigenvalue weighted by atomic mass is 10.0. The van der Waals surface area contributed by atoms with Crippen molar-refractivity contribution in [1.29, 1.82) is 0 Å². The number of hydrogen-bond acceptors (Lipinski definition) is 3. The molecule has 0 rings (SSSR count). The fourth-order valence-electron chi connectivity index (χ4n) is 6.96. The molecule has 0 radical (unpaired) electrons. The average Bonchev–Trinajstić information content (AvgIpc) is 3.12. The Morgan fingerprint density at radius 1 is 0.460 bits per heavy atom. The topological polar surface area (TPSA) is 69.6 Å². The van der Waals surface area contributed by atoms with Gasteiger partial charge in [0.1, 0.15) is 0 Å². The third-order valence-corrected chi connectivity index (χ3v) is 10.4. The molecule has 0 spiro atoms. The Labute approximate surface area is 313 Å². The Morgan fingerprint density at radius 2 is 0.780 bits per heavy atom. The second kappa shape index (κ2) is 42.3. The smallest absolute Gasteiger partial charge is 0.220 e. The molecule has 2 atom stereocenters. The van der Waals surface area contributed by atoms with Crippen molar-refractivity contribution < 1.29 is 15.0 Å². The third kappa shape index (κ3) is 38.1. The van der Waals surface area contributed by atoms with Gasteiger partial charge in [-0.2, -0.15) is 0 Å². The van der Waals surface area contributed by atoms with Crippen LogP contribution in [0.5, 0.6) is 0 Å². The van der Waals surface area contributed by atoms with E-state index >= 15 is 0 Å². The van der Waals surface area contributed by atoms with Gasteiger partial charge in [-0.1, -0.05) is 231 Å². The van der Waals surface area contributed by atoms with Crippen LogP contribution in [-0.2, 0) is 4.79 Å². The minimum Gasteiger partial charge on any atom is -0.394 e. The van der Waals surface area contributed by atoms with Gasteiger partial charge in [-0.05, 0) is 32.1 Å². The van der Waals surface area contributed by atoms with Crippen molar-refractivity contribution in [1.82, 2.24) is 5.32 Å². The Balaban J connectivity index is 3.55. The van der Waals surface area contributed by atoms with Crippen LogP contribution in [0.4, 0.5) is 0 Å². The van der Waals surface area contributed by atoms with Crippen LogP contribution < -0.4 is 5.32 Å². The fraction of sp³-hybridized carbons (Fsp3) is 0.891. The SMILES string of the molecule is CCCCCCCCCCCCC/C=C/CC/C=C/[C@@H](O)[C@H](CO)NC(=O)CCCCCCCCCCCCCCCCCCCCCCC. The quantitative estimate of drug-likeness (QED) is 0.0438. The summed E-state index contributed by atoms with van der Waals surface area (Å²) in [5.74, 6) is -0.0698. The zero-order valence-corrected chi connectivity index (χ0v) is 33.9. The molecule has 296 valence electrons. The molecule has 0 bridgehead atoms. The number of amides is 1. The van der Waals surface area contributed by atoms with E-state index in [1.54, 1.807) is 6.08 Å². The van der Waals surface area contributed by atoms with E-state index in [0.717, 1.165) is 32.1 Å². The molecule has 0 aliphatic heterocycles. The van der Waals surface area contributed by atoms with Crippen LogP contribution in [-0.4, -0.2) is 34.9 Å². The summed E-state index contributed by atoms with van der Waals surface area (Å²) < 4.78 is 0. The van der Waals surface area contributed by atoms with Crippen LogP contribution in [0.1, 0.15) is 245 Å². The molecule has 4 heteroatoms. The van der Waals surface area contributed by atoms with Crippen LogP contribution in [0.25, 0.3) is 0 Å². The second-order valence-electron chi connectivity index (χ2n) is 15.5. The Bertz CT molecular complexity index is 720. The highest BCUT2D eigenvalue weighted by atomic mass is 16.3. The van der Waals surface area contributed by atoms with Gasteiger partial charge in [-0.3, -0.25) is 4.79 Å². The van der Waals surface area contributed by atoms with E-state index in [1.807, 2.05) is 6.08 Å². The van der Waals surface area contributed by atoms with Crippen molar-refractivity contribution in [3.63, 3.8) is 0 Å². The van der Waals surface area contributed by atoms with Gasteiger partial charge in [0.2, 0.25) is 5.91 Å². The van der Waals surface area contributed by atoms with Crippen LogP contribution in [0, 0.1) is 0 Å². The summed E-state index contributed by atoms with van der Waals surface area (Å²) in [5.41, 5.74) is 0. The molecule has 3 N–H and O–H groups in total. The molecular formula is C46H89NO3. The first-order valence-corrected chi connectivity index (χ1v) is 22.6. The van der Waals surface area contributed by atoms with Gasteiger partial charge in [-0.25, -0.2) is 0 Å². The first-order chi connectivity index (χ1) is 24.7. The minimum atomic E-state index is -0.857. The van der Waals surface area contributed by atoms with E-state index in [0.29, 0.717) is 6.42 Å². The van der Waals surface area contributed by atoms with E-state index in [9.17, 15) is 15.0 Å². The first kappa shape index (κ1) is 48.9. The van der Waals surface area contributed by atoms with Gasteiger partial charge in [0.15, 0.2) is 0 Å². The number of allylic oxidation sites excluding steroid dienone is 3. The summed E-state index contributed by atoms with van der Waals surface area (Å²) >= 11 is 0. The summed E-state index contributed by atoms with van der Waals surface area (Å²) in [6.07, 6.45) is 54.3. The summed E-state index contributed by atoms with van der Waals surface area (Å²) in [6, 6.07) is -0.634. The standard InChI is InChI=1S/C46H89NO3/c1-3-5-7-9-11-13-15-17-19-21-22-23-24-26-28-30-32-34-36-38-40-42-46(50)47-44(43-48)45(49)41-39-37-35-33-31-29-27-25-20-18-16-14-12-10-8-6-4-2/h31,33,39,41,44-45,48-49H,3-30,32,34-38,40,42-43H2,1-2H3,(H,47,50)/b33-31+,41-39+/t44-,45+/m0/s1. The predicted octanol–water partition coefficient (Wildman–Crippen LogP) is 14.0. The first-order valence-electron chi connectivity index (χ1n) is 22.6. The number of aliphatic hydroxyl groups excluding tert-OH is 2. The second-order valence-corrected chi connectivity index (χ2v) is 15.5. The predicted molar refractivity (Wildman–Crippen MR) is 221 cm³/mol. The molecule has 0 fully saturated rings. The number of aliphatic hydroxyl groups is 2. The van der Waals surface area contributed by atoms with Crippen molar-refractivity contribution in [2.75, 3.05) is 6.61 Å². The number of carbonyl (C=O) groups excluding carboxylic acids is 1. The Kier molecular flexibility index (Phi) is 41.3. The third-order valence-electron chi connectivity index (χ3n) is 10.4. The molecule has 0 aliphatic carbocycles. The number of nitrogens with one attached hydrogen (secondary N) is 1. The molecular weight excluding hydrogens is 615 g/mol. The molecule has 0 aliphatic rings. The summed E-state index contributed by atoms with van der Waals surface area (Å²) in [7, 11) is 0. The zero-order chi connectivity index (χ0) is 36.4. The number of rotatable bonds is 41. The Hall–Kier alpha value is -1.13. The van der Waals surface area contributed by atoms with Crippen LogP contribution in [0.3, 0.4) is 0 Å². The van der Waals surface area contributed by atoms with Crippen molar-refractivity contribution in [3.8, 4) is 0 Å². The lowest BCUT2D eigenvalue weighted by Crippen LogP contribution is -2.45. The van der Waals surface area contributed by atoms with Gasteiger partial charge < -0.3 is 15.5 Å². The van der Waals surface area contributed by atoms with Gasteiger partial charge >= 0.3 is 0 Å². The summed E-state index contributed by atoms with van der Waals surface area (Å²) in [4.78, 5) is 12.4. The number of carbonyl (C=O) groups is 1. The number of hydrogen-bond donors (Lipinski definition) is 3. The van der Waals surface area contributed by atoms with Gasteiger partial charge in [0, 0.05) is 6.42 Å². The lowest BCUT2D eigenvalue weighted by Gasteiger charge is -2.19. The fourth-order valence-corrected chi connectivity index (χ4v) is 6.96. The van der Waals surface area contributed by atoms with Gasteiger partial charge in [0.25, 0.3) is 0 Å². The molecule has 4 nitrogen and oxygen atoms in total. The highest BCUT2D eigenvalue weighted by molar-refractivity contribution is 5.76. The van der Waals surface area contributed by atoms with Crippen LogP contribution in [0.2, 0.25) is 0 Å². The molecule has 0 aromatic heterocycles. The van der Waals surface area contributed by atoms with Gasteiger partial charge in [0.05, 0.1) is 18.8 Å². The van der Waals surface area contributed by atoms with E-state index < -0.39 is 12.1 Å². The average molecular weight is 704 g/mol. The molecule has 0 saturated carbocycles. The molecule has 1 amide bonds. The van der Waals surface area contributed by atoms with Crippen LogP contribution >= 0.6 is 0 Å². The lowest BCUT2D eigenvalue weighted by molar-refractivity contribution is -0.123. The normalized spacial score (nSPS) is 13.1. The summed E-state index contributed by atoms with van der Waals surface area (Å²) in [5, 5.41) is 23.0. The van der Waals surface area contributed by atoms with E-state index in [2.05, 4.69) is 31.3 Å². The molecule has 50 heavy (non-hydrogen) atoms. The maximum Gasteiger partial charge on any atom is 0.220 e. The van der Waals surface area contributed by atoms with Crippen molar-refractivity contribution in [2.45, 2.75) is 257 Å². The van der Waals surface area contributed by atoms with Gasteiger partial charge in [-0.15, -0.1) is 0 Å². The molecule has 0 unspecified atom stereocenters. The monoisotopic (exact) mass is 704 g/mol. The van der Waals surface area contributed by atoms with Crippen LogP contribution in [0.15, 0.2) is 24.3 Å². The highest BCUT2D eigenvalue weighted by Gasteiger charge is 2.17. The molecule has 0 heterocycles. The summed E-state index contributed by atoms with van der Waals surface area (Å²) in [6.45, 7) is 4.31. The molecule has 0 aromatic rings. The Morgan fingerprint density at radius 3 is 1.16 bits per heavy atom. The maximum absolute atomic E-state index is 12.4. The minimum absolute atomic E-state index is 0.0698. The van der Waals surface area contributed by atoms with E-state index in [1.165, 1.54) is 193 Å². The zero-order valence-electron chi connectivity index (χ0n) is 33.9. The van der Waals surface area contributed by atoms with E-state index in [-0.39, 0.29) is 12.5 Å². The largest absolute Gasteiger partial charge is 0.394 e. The number of unbranched alkanes of at least 4 members (excludes halogenated alkanes) is 32. The van der Waals surface area contributed by atoms with Crippen molar-refractivity contribution in [2.24, 2.45) is 0 Å². The van der Waals surface area contributed by atoms with Crippen molar-refractivity contribution in [3.05, 3.63) is 24.3 Å². The molecule has 0 aromatic carbocycles. The highest BCUT2D eigenvalue weighted by Crippen LogP contribution is 2.16.